The summed E-state index contributed by atoms with van der Waals surface area (Å²) in [6.07, 6.45) is 1.53. The second-order valence-corrected chi connectivity index (χ2v) is 6.07. The number of nitrogens with zero attached hydrogens (tertiary/aromatic N) is 3. The molecule has 0 saturated carbocycles. The van der Waals surface area contributed by atoms with Gasteiger partial charge < -0.3 is 15.2 Å². The number of benzene rings is 2. The van der Waals surface area contributed by atoms with Crippen LogP contribution in [0.2, 0.25) is 0 Å². The lowest BCUT2D eigenvalue weighted by molar-refractivity contribution is 0.0339. The van der Waals surface area contributed by atoms with Gasteiger partial charge in [0, 0.05) is 30.6 Å². The smallest absolute Gasteiger partial charge is 0.143 e. The van der Waals surface area contributed by atoms with Gasteiger partial charge in [-0.3, -0.25) is 4.90 Å². The van der Waals surface area contributed by atoms with Gasteiger partial charge >= 0.3 is 0 Å². The molecule has 2 N–H and O–H groups in total. The maximum atomic E-state index is 10.7. The summed E-state index contributed by atoms with van der Waals surface area (Å²) >= 11 is 0. The van der Waals surface area contributed by atoms with Crippen LogP contribution in [0.5, 0.6) is 5.75 Å². The normalized spacial score (nSPS) is 15.4. The Bertz CT molecular complexity index is 873. The maximum absolute atomic E-state index is 10.7. The second-order valence-electron chi connectivity index (χ2n) is 6.07. The number of ether oxygens (including phenoxy) is 1. The largest absolute Gasteiger partial charge is 0.505 e. The van der Waals surface area contributed by atoms with Gasteiger partial charge in [0.05, 0.1) is 24.4 Å². The molecule has 3 aromatic rings. The van der Waals surface area contributed by atoms with E-state index in [1.165, 1.54) is 6.33 Å². The fourth-order valence-corrected chi connectivity index (χ4v) is 3.05. The van der Waals surface area contributed by atoms with Crippen molar-refractivity contribution in [2.24, 2.45) is 0 Å². The summed E-state index contributed by atoms with van der Waals surface area (Å²) in [6.45, 7) is 3.95. The molecular formula is C19H20N4O2. The quantitative estimate of drug-likeness (QED) is 0.714. The third kappa shape index (κ3) is 3.40. The highest BCUT2D eigenvalue weighted by Gasteiger charge is 2.15. The van der Waals surface area contributed by atoms with Crippen LogP contribution < -0.4 is 5.32 Å². The summed E-state index contributed by atoms with van der Waals surface area (Å²) in [5.41, 5.74) is 2.41. The van der Waals surface area contributed by atoms with Crippen molar-refractivity contribution < 1.29 is 9.84 Å². The van der Waals surface area contributed by atoms with Crippen LogP contribution in [0.1, 0.15) is 5.56 Å². The molecule has 1 aromatic heterocycles. The molecule has 4 rings (SSSR count). The highest BCUT2D eigenvalue weighted by molar-refractivity contribution is 5.91. The predicted molar refractivity (Wildman–Crippen MR) is 97.0 cm³/mol. The Kier molecular flexibility index (Phi) is 4.45. The van der Waals surface area contributed by atoms with E-state index in [-0.39, 0.29) is 5.75 Å². The van der Waals surface area contributed by atoms with Crippen LogP contribution in [0, 0.1) is 0 Å². The van der Waals surface area contributed by atoms with Crippen molar-refractivity contribution in [2.75, 3.05) is 31.6 Å². The molecule has 0 spiro atoms. The van der Waals surface area contributed by atoms with Crippen LogP contribution in [0.25, 0.3) is 10.9 Å². The number of nitrogens with one attached hydrogen (secondary N) is 1. The van der Waals surface area contributed by atoms with Crippen molar-refractivity contribution in [3.05, 3.63) is 54.4 Å². The molecule has 2 heterocycles. The minimum absolute atomic E-state index is 0.261. The van der Waals surface area contributed by atoms with E-state index in [4.69, 9.17) is 4.74 Å². The lowest BCUT2D eigenvalue weighted by atomic mass is 10.1. The highest BCUT2D eigenvalue weighted by Crippen LogP contribution is 2.32. The Morgan fingerprint density at radius 1 is 1.04 bits per heavy atom. The van der Waals surface area contributed by atoms with Crippen LogP contribution in [-0.4, -0.2) is 46.3 Å². The first-order valence-electron chi connectivity index (χ1n) is 8.39. The number of para-hydroxylation sites is 2. The fraction of sp³-hybridized carbons (Fsp3) is 0.263. The van der Waals surface area contributed by atoms with Crippen molar-refractivity contribution in [2.45, 2.75) is 6.54 Å². The van der Waals surface area contributed by atoms with Gasteiger partial charge in [0.15, 0.2) is 0 Å². The zero-order chi connectivity index (χ0) is 17.1. The SMILES string of the molecule is Oc1c(CN2CCOCC2)cccc1Nc1ncnc2ccccc12. The standard InChI is InChI=1S/C19H20N4O2/c24-18-14(12-23-8-10-25-11-9-23)4-3-7-17(18)22-19-15-5-1-2-6-16(15)20-13-21-19/h1-7,13,24H,8-12H2,(H,20,21,22). The molecule has 2 aromatic carbocycles. The number of fused-ring (bicyclic) bond motifs is 1. The average molecular weight is 336 g/mol. The van der Waals surface area contributed by atoms with Crippen molar-refractivity contribution in [3.63, 3.8) is 0 Å². The number of hydrogen-bond acceptors (Lipinski definition) is 6. The van der Waals surface area contributed by atoms with Gasteiger partial charge in [-0.25, -0.2) is 9.97 Å². The molecule has 25 heavy (non-hydrogen) atoms. The number of morpholine rings is 1. The summed E-state index contributed by atoms with van der Waals surface area (Å²) in [4.78, 5) is 10.9. The van der Waals surface area contributed by atoms with Crippen LogP contribution in [0.3, 0.4) is 0 Å². The Hall–Kier alpha value is -2.70. The first-order chi connectivity index (χ1) is 12.3. The Morgan fingerprint density at radius 3 is 2.76 bits per heavy atom. The van der Waals surface area contributed by atoms with Crippen LogP contribution >= 0.6 is 0 Å². The molecule has 0 bridgehead atoms. The first kappa shape index (κ1) is 15.8. The van der Waals surface area contributed by atoms with Crippen LogP contribution in [0.15, 0.2) is 48.8 Å². The monoisotopic (exact) mass is 336 g/mol. The Balaban J connectivity index is 1.61. The van der Waals surface area contributed by atoms with Gasteiger partial charge in [-0.15, -0.1) is 0 Å². The van der Waals surface area contributed by atoms with Gasteiger partial charge in [-0.2, -0.15) is 0 Å². The fourth-order valence-electron chi connectivity index (χ4n) is 3.05. The zero-order valence-corrected chi connectivity index (χ0v) is 13.9. The molecule has 6 heteroatoms. The van der Waals surface area contributed by atoms with Crippen LogP contribution in [0.4, 0.5) is 11.5 Å². The minimum atomic E-state index is 0.261. The summed E-state index contributed by atoms with van der Waals surface area (Å²) in [5, 5.41) is 14.9. The number of hydrogen-bond donors (Lipinski definition) is 2. The average Bonchev–Trinajstić information content (AvgIpc) is 2.66. The van der Waals surface area contributed by atoms with Crippen molar-refractivity contribution in [1.82, 2.24) is 14.9 Å². The van der Waals surface area contributed by atoms with E-state index in [0.717, 1.165) is 42.8 Å². The number of anilines is 2. The molecule has 0 amide bonds. The Labute approximate surface area is 146 Å². The molecule has 128 valence electrons. The topological polar surface area (TPSA) is 70.5 Å². The van der Waals surface area contributed by atoms with Gasteiger partial charge in [-0.05, 0) is 18.2 Å². The minimum Gasteiger partial charge on any atom is -0.505 e. The van der Waals surface area contributed by atoms with Gasteiger partial charge in [0.2, 0.25) is 0 Å². The maximum Gasteiger partial charge on any atom is 0.143 e. The molecule has 0 unspecified atom stereocenters. The number of phenolic OH excluding ortho intramolecular Hbond substituents is 1. The van der Waals surface area contributed by atoms with Crippen molar-refractivity contribution in [1.29, 1.82) is 0 Å². The molecular weight excluding hydrogens is 316 g/mol. The molecule has 1 aliphatic heterocycles. The third-order valence-corrected chi connectivity index (χ3v) is 4.41. The highest BCUT2D eigenvalue weighted by atomic mass is 16.5. The van der Waals surface area contributed by atoms with Crippen LogP contribution in [-0.2, 0) is 11.3 Å². The zero-order valence-electron chi connectivity index (χ0n) is 13.9. The summed E-state index contributed by atoms with van der Waals surface area (Å²) in [7, 11) is 0. The molecule has 1 saturated heterocycles. The Morgan fingerprint density at radius 2 is 1.88 bits per heavy atom. The molecule has 0 radical (unpaired) electrons. The van der Waals surface area contributed by atoms with E-state index >= 15 is 0 Å². The number of rotatable bonds is 4. The first-order valence-corrected chi connectivity index (χ1v) is 8.39. The number of aromatic hydroxyl groups is 1. The number of phenols is 1. The third-order valence-electron chi connectivity index (χ3n) is 4.41. The lowest BCUT2D eigenvalue weighted by Crippen LogP contribution is -2.35. The molecule has 0 aliphatic carbocycles. The van der Waals surface area contributed by atoms with E-state index < -0.39 is 0 Å². The van der Waals surface area contributed by atoms with Crippen molar-refractivity contribution >= 4 is 22.4 Å². The van der Waals surface area contributed by atoms with Gasteiger partial charge in [0.1, 0.15) is 17.9 Å². The number of aromatic nitrogens is 2. The molecule has 0 atom stereocenters. The van der Waals surface area contributed by atoms with Gasteiger partial charge in [-0.1, -0.05) is 24.3 Å². The molecule has 1 fully saturated rings. The summed E-state index contributed by atoms with van der Waals surface area (Å²) in [5.74, 6) is 0.945. The van der Waals surface area contributed by atoms with E-state index in [9.17, 15) is 5.11 Å². The summed E-state index contributed by atoms with van der Waals surface area (Å²) < 4.78 is 5.38. The molecule has 6 nitrogen and oxygen atoms in total. The van der Waals surface area contributed by atoms with E-state index in [1.807, 2.05) is 42.5 Å². The van der Waals surface area contributed by atoms with Gasteiger partial charge in [0.25, 0.3) is 0 Å². The van der Waals surface area contributed by atoms with E-state index in [0.29, 0.717) is 18.1 Å². The van der Waals surface area contributed by atoms with E-state index in [2.05, 4.69) is 20.2 Å². The second kappa shape index (κ2) is 7.04. The van der Waals surface area contributed by atoms with Crippen molar-refractivity contribution in [3.8, 4) is 5.75 Å². The predicted octanol–water partition coefficient (Wildman–Crippen LogP) is 2.91. The molecule has 1 aliphatic rings. The lowest BCUT2D eigenvalue weighted by Gasteiger charge is -2.27. The van der Waals surface area contributed by atoms with E-state index in [1.54, 1.807) is 0 Å². The summed E-state index contributed by atoms with van der Waals surface area (Å²) in [6, 6.07) is 13.6.